The lowest BCUT2D eigenvalue weighted by atomic mass is 10.0. The van der Waals surface area contributed by atoms with Gasteiger partial charge in [-0.05, 0) is 53.8 Å². The summed E-state index contributed by atoms with van der Waals surface area (Å²) in [6, 6.07) is 25.2. The van der Waals surface area contributed by atoms with Crippen LogP contribution in [0.15, 0.2) is 90.9 Å². The Bertz CT molecular complexity index is 1700. The van der Waals surface area contributed by atoms with Gasteiger partial charge in [0, 0.05) is 56.0 Å². The van der Waals surface area contributed by atoms with Crippen LogP contribution in [0.4, 0.5) is 0 Å². The molecule has 0 amide bonds. The van der Waals surface area contributed by atoms with Gasteiger partial charge in [-0.1, -0.05) is 55.5 Å². The topological polar surface area (TPSA) is 94.9 Å². The van der Waals surface area contributed by atoms with Crippen LogP contribution in [-0.4, -0.2) is 50.5 Å². The fraction of sp³-hybridized carbons (Fsp3) is 0.294. The van der Waals surface area contributed by atoms with Crippen LogP contribution in [-0.2, 0) is 13.1 Å². The molecule has 1 saturated carbocycles. The molecule has 0 spiro atoms. The Morgan fingerprint density at radius 3 is 2.65 bits per heavy atom. The Morgan fingerprint density at radius 2 is 1.86 bits per heavy atom. The number of hydrogen-bond acceptors (Lipinski definition) is 7. The van der Waals surface area contributed by atoms with Gasteiger partial charge in [-0.3, -0.25) is 9.91 Å². The van der Waals surface area contributed by atoms with Gasteiger partial charge in [0.25, 0.3) is 0 Å². The minimum atomic E-state index is -0.953. The summed E-state index contributed by atoms with van der Waals surface area (Å²) in [5, 5.41) is 16.4. The van der Waals surface area contributed by atoms with E-state index < -0.39 is 5.97 Å². The number of carboxylic acid groups (broad SMARTS) is 1. The van der Waals surface area contributed by atoms with E-state index in [-0.39, 0.29) is 23.5 Å². The third-order valence-corrected chi connectivity index (χ3v) is 8.62. The number of rotatable bonds is 8. The average molecular weight is 577 g/mol. The van der Waals surface area contributed by atoms with Crippen LogP contribution >= 0.6 is 0 Å². The monoisotopic (exact) mass is 576 g/mol. The molecule has 3 aliphatic rings. The molecule has 3 atom stereocenters. The number of aromatic carboxylic acids is 1. The molecule has 0 saturated heterocycles. The molecule has 1 aromatic heterocycles. The standard InChI is InChI=1S/C34H36N6O3/c1-3-27-20-39(19-25-9-4-5-13-32(25)43-27)18-22-8-6-10-23(14-22)24-11-7-12-26(15-24)40-33(30(17-35-40)34(41)42)29-16-28(29)31-21-38(2)37-36-31/h4-15,17,21,27-29,36-37H,3,16,18-20H2,1-2H3,(H,41,42)/t27-,28?,29?/m1/s1. The number of aromatic nitrogens is 2. The highest BCUT2D eigenvalue weighted by atomic mass is 16.5. The fourth-order valence-electron chi connectivity index (χ4n) is 6.36. The molecule has 2 unspecified atom stereocenters. The summed E-state index contributed by atoms with van der Waals surface area (Å²) < 4.78 is 8.12. The second-order valence-electron chi connectivity index (χ2n) is 11.7. The highest BCUT2D eigenvalue weighted by molar-refractivity contribution is 5.89. The van der Waals surface area contributed by atoms with Crippen molar-refractivity contribution in [3.8, 4) is 22.6 Å². The molecular weight excluding hydrogens is 540 g/mol. The molecule has 0 radical (unpaired) electrons. The lowest BCUT2D eigenvalue weighted by Crippen LogP contribution is -2.33. The van der Waals surface area contributed by atoms with Gasteiger partial charge in [0.1, 0.15) is 17.4 Å². The second kappa shape index (κ2) is 11.2. The van der Waals surface area contributed by atoms with Gasteiger partial charge >= 0.3 is 5.97 Å². The number of hydrogen-bond donors (Lipinski definition) is 3. The fourth-order valence-corrected chi connectivity index (χ4v) is 6.36. The van der Waals surface area contributed by atoms with Crippen molar-refractivity contribution < 1.29 is 14.6 Å². The van der Waals surface area contributed by atoms with E-state index in [1.165, 1.54) is 17.3 Å². The number of benzene rings is 3. The van der Waals surface area contributed by atoms with Crippen LogP contribution in [0.25, 0.3) is 16.8 Å². The van der Waals surface area contributed by atoms with Gasteiger partial charge < -0.3 is 15.3 Å². The zero-order chi connectivity index (χ0) is 29.5. The quantitative estimate of drug-likeness (QED) is 0.260. The smallest absolute Gasteiger partial charge is 0.339 e. The number of allylic oxidation sites excluding steroid dienone is 1. The molecule has 3 N–H and O–H groups in total. The zero-order valence-corrected chi connectivity index (χ0v) is 24.4. The summed E-state index contributed by atoms with van der Waals surface area (Å²) in [4.78, 5) is 14.6. The molecule has 7 rings (SSSR count). The third kappa shape index (κ3) is 5.49. The van der Waals surface area contributed by atoms with E-state index in [1.807, 2.05) is 41.1 Å². The Hall–Kier alpha value is -4.60. The van der Waals surface area contributed by atoms with Crippen molar-refractivity contribution >= 4 is 5.97 Å². The first-order valence-corrected chi connectivity index (χ1v) is 14.9. The number of fused-ring (bicyclic) bond motifs is 1. The summed E-state index contributed by atoms with van der Waals surface area (Å²) in [7, 11) is 1.92. The van der Waals surface area contributed by atoms with Gasteiger partial charge in [0.2, 0.25) is 0 Å². The van der Waals surface area contributed by atoms with Gasteiger partial charge in [-0.15, -0.1) is 5.53 Å². The highest BCUT2D eigenvalue weighted by Crippen LogP contribution is 2.52. The molecular formula is C34H36N6O3. The first kappa shape index (κ1) is 27.2. The number of hydrazine groups is 2. The van der Waals surface area contributed by atoms with Crippen molar-refractivity contribution in [2.45, 2.75) is 44.9 Å². The van der Waals surface area contributed by atoms with Gasteiger partial charge in [0.05, 0.1) is 17.6 Å². The average Bonchev–Trinajstić information content (AvgIpc) is 3.53. The van der Waals surface area contributed by atoms with E-state index in [0.717, 1.165) is 66.4 Å². The Kier molecular flexibility index (Phi) is 7.12. The lowest BCUT2D eigenvalue weighted by molar-refractivity contribution is 0.0695. The maximum atomic E-state index is 12.2. The van der Waals surface area contributed by atoms with Crippen LogP contribution in [0, 0.1) is 5.92 Å². The first-order chi connectivity index (χ1) is 21.0. The zero-order valence-electron chi connectivity index (χ0n) is 24.4. The Labute approximate surface area is 251 Å². The van der Waals surface area contributed by atoms with Gasteiger partial charge in [0.15, 0.2) is 0 Å². The largest absolute Gasteiger partial charge is 0.489 e. The van der Waals surface area contributed by atoms with Crippen LogP contribution in [0.1, 0.15) is 52.9 Å². The van der Waals surface area contributed by atoms with Gasteiger partial charge in [-0.2, -0.15) is 5.10 Å². The first-order valence-electron chi connectivity index (χ1n) is 14.9. The lowest BCUT2D eigenvalue weighted by Gasteiger charge is -2.23. The molecule has 9 heteroatoms. The van der Waals surface area contributed by atoms with E-state index in [2.05, 4.69) is 82.5 Å². The molecule has 3 aromatic carbocycles. The van der Waals surface area contributed by atoms with Crippen molar-refractivity contribution in [3.63, 3.8) is 0 Å². The highest BCUT2D eigenvalue weighted by Gasteiger charge is 2.46. The van der Waals surface area contributed by atoms with Crippen LogP contribution in [0.3, 0.4) is 0 Å². The minimum Gasteiger partial charge on any atom is -0.489 e. The van der Waals surface area contributed by atoms with Crippen molar-refractivity contribution in [2.75, 3.05) is 13.6 Å². The molecule has 43 heavy (non-hydrogen) atoms. The maximum Gasteiger partial charge on any atom is 0.339 e. The van der Waals surface area contributed by atoms with Crippen molar-refractivity contribution in [1.29, 1.82) is 0 Å². The van der Waals surface area contributed by atoms with Gasteiger partial charge in [-0.25, -0.2) is 9.48 Å². The van der Waals surface area contributed by atoms with Crippen molar-refractivity contribution in [1.82, 2.24) is 30.6 Å². The summed E-state index contributed by atoms with van der Waals surface area (Å²) in [6.45, 7) is 4.72. The van der Waals surface area contributed by atoms with Crippen molar-refractivity contribution in [2.24, 2.45) is 5.92 Å². The van der Waals surface area contributed by atoms with Crippen molar-refractivity contribution in [3.05, 3.63) is 113 Å². The van der Waals surface area contributed by atoms with E-state index >= 15 is 0 Å². The predicted molar refractivity (Wildman–Crippen MR) is 164 cm³/mol. The number of carbonyl (C=O) groups is 1. The molecule has 2 aliphatic heterocycles. The number of ether oxygens (including phenoxy) is 1. The molecule has 1 fully saturated rings. The van der Waals surface area contributed by atoms with E-state index in [1.54, 1.807) is 0 Å². The number of para-hydroxylation sites is 1. The summed E-state index contributed by atoms with van der Waals surface area (Å²) in [5.41, 5.74) is 13.8. The Morgan fingerprint density at radius 1 is 1.05 bits per heavy atom. The third-order valence-electron chi connectivity index (χ3n) is 8.62. The van der Waals surface area contributed by atoms with E-state index in [9.17, 15) is 9.90 Å². The molecule has 220 valence electrons. The van der Waals surface area contributed by atoms with Crippen LogP contribution in [0.5, 0.6) is 5.75 Å². The maximum absolute atomic E-state index is 12.2. The molecule has 9 nitrogen and oxygen atoms in total. The molecule has 0 bridgehead atoms. The van der Waals surface area contributed by atoms with Crippen LogP contribution < -0.4 is 15.7 Å². The molecule has 3 heterocycles. The number of nitrogens with zero attached hydrogens (tertiary/aromatic N) is 4. The summed E-state index contributed by atoms with van der Waals surface area (Å²) in [6.07, 6.45) is 5.48. The summed E-state index contributed by atoms with van der Waals surface area (Å²) in [5.74, 6) is 0.326. The van der Waals surface area contributed by atoms with E-state index in [0.29, 0.717) is 0 Å². The summed E-state index contributed by atoms with van der Waals surface area (Å²) >= 11 is 0. The normalized spacial score (nSPS) is 21.4. The SMILES string of the molecule is CC[C@@H]1CN(Cc2cccc(-c3cccc(-n4ncc(C(=O)O)c4C4CC4C4=CN(C)NN4)c3)c2)Cc2ccccc2O1. The number of carboxylic acids is 1. The number of nitrogens with one attached hydrogen (secondary N) is 2. The Balaban J connectivity index is 1.15. The van der Waals surface area contributed by atoms with Crippen LogP contribution in [0.2, 0.25) is 0 Å². The second-order valence-corrected chi connectivity index (χ2v) is 11.7. The minimum absolute atomic E-state index is 0.0716. The predicted octanol–water partition coefficient (Wildman–Crippen LogP) is 5.31. The molecule has 4 aromatic rings. The molecule has 1 aliphatic carbocycles. The van der Waals surface area contributed by atoms with E-state index in [4.69, 9.17) is 4.74 Å².